The lowest BCUT2D eigenvalue weighted by atomic mass is 10.2. The third-order valence-electron chi connectivity index (χ3n) is 3.61. The summed E-state index contributed by atoms with van der Waals surface area (Å²) in [5, 5.41) is 2.45. The Morgan fingerprint density at radius 3 is 2.72 bits per heavy atom. The topological polar surface area (TPSA) is 88.2 Å². The minimum atomic E-state index is -3.49. The zero-order valence-electron chi connectivity index (χ0n) is 13.0. The number of nitrogens with one attached hydrogen (secondary N) is 2. The Bertz CT molecular complexity index is 917. The number of halogens is 2. The molecule has 2 N–H and O–H groups in total. The van der Waals surface area contributed by atoms with Gasteiger partial charge in [0.1, 0.15) is 11.6 Å². The first-order chi connectivity index (χ1) is 11.8. The van der Waals surface area contributed by atoms with E-state index in [1.54, 1.807) is 0 Å². The molecule has 1 aromatic heterocycles. The van der Waals surface area contributed by atoms with E-state index in [0.29, 0.717) is 5.69 Å². The molecule has 3 rings (SSSR count). The van der Waals surface area contributed by atoms with Crippen LogP contribution in [0.2, 0.25) is 5.02 Å². The van der Waals surface area contributed by atoms with Crippen molar-refractivity contribution in [1.29, 1.82) is 0 Å². The molecule has 0 aliphatic heterocycles. The lowest BCUT2D eigenvalue weighted by Gasteiger charge is -2.09. The average Bonchev–Trinajstić information content (AvgIpc) is 3.34. The van der Waals surface area contributed by atoms with E-state index in [2.05, 4.69) is 15.0 Å². The maximum absolute atomic E-state index is 13.1. The van der Waals surface area contributed by atoms with Crippen molar-refractivity contribution in [2.24, 2.45) is 5.92 Å². The minimum Gasteiger partial charge on any atom is -0.322 e. The van der Waals surface area contributed by atoms with Gasteiger partial charge in [-0.15, -0.1) is 0 Å². The number of pyridine rings is 1. The van der Waals surface area contributed by atoms with Crippen LogP contribution in [0.5, 0.6) is 0 Å². The van der Waals surface area contributed by atoms with E-state index in [1.165, 1.54) is 30.5 Å². The number of aromatic nitrogens is 1. The van der Waals surface area contributed by atoms with E-state index >= 15 is 0 Å². The molecule has 1 amide bonds. The fourth-order valence-corrected chi connectivity index (χ4v) is 3.85. The second-order valence-electron chi connectivity index (χ2n) is 5.84. The van der Waals surface area contributed by atoms with E-state index in [4.69, 9.17) is 11.6 Å². The lowest BCUT2D eigenvalue weighted by Crippen LogP contribution is -2.19. The molecule has 1 saturated carbocycles. The number of benzene rings is 1. The summed E-state index contributed by atoms with van der Waals surface area (Å²) in [6.07, 6.45) is 3.16. The van der Waals surface area contributed by atoms with Gasteiger partial charge in [0, 0.05) is 17.4 Å². The van der Waals surface area contributed by atoms with E-state index in [9.17, 15) is 17.6 Å². The molecule has 1 aromatic carbocycles. The fraction of sp³-hybridized carbons (Fsp3) is 0.250. The van der Waals surface area contributed by atoms with Crippen LogP contribution in [-0.2, 0) is 10.0 Å². The Hall–Kier alpha value is -2.19. The van der Waals surface area contributed by atoms with Gasteiger partial charge in [0.15, 0.2) is 0 Å². The molecule has 1 heterocycles. The van der Waals surface area contributed by atoms with Crippen molar-refractivity contribution < 1.29 is 17.6 Å². The molecule has 0 radical (unpaired) electrons. The molecular weight excluding hydrogens is 369 g/mol. The van der Waals surface area contributed by atoms with Gasteiger partial charge in [-0.25, -0.2) is 17.8 Å². The van der Waals surface area contributed by atoms with Crippen LogP contribution >= 0.6 is 11.6 Å². The van der Waals surface area contributed by atoms with E-state index < -0.39 is 21.7 Å². The Kier molecular flexibility index (Phi) is 4.91. The highest BCUT2D eigenvalue weighted by Crippen LogP contribution is 2.30. The van der Waals surface area contributed by atoms with Crippen molar-refractivity contribution in [2.45, 2.75) is 12.8 Å². The zero-order chi connectivity index (χ0) is 18.0. The summed E-state index contributed by atoms with van der Waals surface area (Å²) in [7, 11) is -3.49. The first-order valence-corrected chi connectivity index (χ1v) is 9.58. The molecule has 6 nitrogen and oxygen atoms in total. The van der Waals surface area contributed by atoms with Gasteiger partial charge in [-0.1, -0.05) is 11.6 Å². The van der Waals surface area contributed by atoms with Crippen LogP contribution in [0.25, 0.3) is 0 Å². The van der Waals surface area contributed by atoms with Gasteiger partial charge >= 0.3 is 0 Å². The average molecular weight is 384 g/mol. The molecule has 9 heteroatoms. The van der Waals surface area contributed by atoms with Gasteiger partial charge in [-0.2, -0.15) is 0 Å². The Morgan fingerprint density at radius 2 is 2.04 bits per heavy atom. The van der Waals surface area contributed by atoms with E-state index in [0.717, 1.165) is 18.9 Å². The number of hydrogen-bond acceptors (Lipinski definition) is 4. The molecule has 1 fully saturated rings. The van der Waals surface area contributed by atoms with Crippen molar-refractivity contribution in [3.8, 4) is 0 Å². The number of rotatable bonds is 6. The van der Waals surface area contributed by atoms with Gasteiger partial charge in [0.25, 0.3) is 5.91 Å². The normalized spacial score (nSPS) is 14.2. The SMILES string of the molecule is O=C(Nc1ccc(F)c(Cl)c1)c1ccnc(NS(=O)(=O)CC2CC2)c1. The number of hydrogen-bond donors (Lipinski definition) is 2. The highest BCUT2D eigenvalue weighted by atomic mass is 35.5. The Labute approximate surface area is 149 Å². The first-order valence-electron chi connectivity index (χ1n) is 7.55. The molecule has 0 atom stereocenters. The lowest BCUT2D eigenvalue weighted by molar-refractivity contribution is 0.102. The van der Waals surface area contributed by atoms with Crippen LogP contribution in [-0.4, -0.2) is 25.1 Å². The number of carbonyl (C=O) groups is 1. The van der Waals surface area contributed by atoms with Crippen LogP contribution in [0, 0.1) is 11.7 Å². The Morgan fingerprint density at radius 1 is 1.28 bits per heavy atom. The van der Waals surface area contributed by atoms with E-state index in [-0.39, 0.29) is 28.1 Å². The molecule has 2 aromatic rings. The first kappa shape index (κ1) is 17.6. The van der Waals surface area contributed by atoms with Crippen LogP contribution < -0.4 is 10.0 Å². The molecule has 132 valence electrons. The third kappa shape index (κ3) is 4.90. The molecule has 25 heavy (non-hydrogen) atoms. The molecule has 1 aliphatic rings. The summed E-state index contributed by atoms with van der Waals surface area (Å²) in [4.78, 5) is 16.2. The predicted molar refractivity (Wildman–Crippen MR) is 93.7 cm³/mol. The predicted octanol–water partition coefficient (Wildman–Crippen LogP) is 3.28. The minimum absolute atomic E-state index is 0.0547. The summed E-state index contributed by atoms with van der Waals surface area (Å²) < 4.78 is 39.5. The van der Waals surface area contributed by atoms with Crippen molar-refractivity contribution in [1.82, 2.24) is 4.98 Å². The smallest absolute Gasteiger partial charge is 0.255 e. The van der Waals surface area contributed by atoms with Crippen molar-refractivity contribution in [3.05, 3.63) is 52.9 Å². The summed E-state index contributed by atoms with van der Waals surface area (Å²) >= 11 is 5.67. The van der Waals surface area contributed by atoms with Gasteiger partial charge in [-0.3, -0.25) is 9.52 Å². The second-order valence-corrected chi connectivity index (χ2v) is 8.01. The van der Waals surface area contributed by atoms with Crippen LogP contribution in [0.3, 0.4) is 0 Å². The highest BCUT2D eigenvalue weighted by molar-refractivity contribution is 7.92. The largest absolute Gasteiger partial charge is 0.322 e. The van der Waals surface area contributed by atoms with Gasteiger partial charge in [0.2, 0.25) is 10.0 Å². The number of nitrogens with zero attached hydrogens (tertiary/aromatic N) is 1. The quantitative estimate of drug-likeness (QED) is 0.801. The number of amides is 1. The highest BCUT2D eigenvalue weighted by Gasteiger charge is 2.28. The van der Waals surface area contributed by atoms with E-state index in [1.807, 2.05) is 0 Å². The molecule has 0 unspecified atom stereocenters. The molecule has 1 aliphatic carbocycles. The summed E-state index contributed by atoms with van der Waals surface area (Å²) in [5.41, 5.74) is 0.531. The molecule has 0 bridgehead atoms. The maximum Gasteiger partial charge on any atom is 0.255 e. The van der Waals surface area contributed by atoms with Crippen LogP contribution in [0.4, 0.5) is 15.9 Å². The van der Waals surface area contributed by atoms with Crippen molar-refractivity contribution >= 4 is 39.0 Å². The number of sulfonamides is 1. The standard InChI is InChI=1S/C16H15ClFN3O3S/c17-13-8-12(3-4-14(13)18)20-16(22)11-5-6-19-15(7-11)21-25(23,24)9-10-1-2-10/h3-8,10H,1-2,9H2,(H,19,21)(H,20,22). The fourth-order valence-electron chi connectivity index (χ4n) is 2.20. The van der Waals surface area contributed by atoms with Crippen LogP contribution in [0.15, 0.2) is 36.5 Å². The summed E-state index contributed by atoms with van der Waals surface area (Å²) in [6.45, 7) is 0. The van der Waals surface area contributed by atoms with Crippen molar-refractivity contribution in [2.75, 3.05) is 15.8 Å². The summed E-state index contributed by atoms with van der Waals surface area (Å²) in [6, 6.07) is 6.58. The van der Waals surface area contributed by atoms with Gasteiger partial charge in [-0.05, 0) is 49.1 Å². The van der Waals surface area contributed by atoms with Gasteiger partial charge < -0.3 is 5.32 Å². The molecular formula is C16H15ClFN3O3S. The number of carbonyl (C=O) groups excluding carboxylic acids is 1. The molecule has 0 spiro atoms. The third-order valence-corrected chi connectivity index (χ3v) is 5.33. The van der Waals surface area contributed by atoms with Crippen molar-refractivity contribution in [3.63, 3.8) is 0 Å². The Balaban J connectivity index is 1.71. The zero-order valence-corrected chi connectivity index (χ0v) is 14.6. The maximum atomic E-state index is 13.1. The molecule has 0 saturated heterocycles. The summed E-state index contributed by atoms with van der Waals surface area (Å²) in [5.74, 6) is -0.750. The van der Waals surface area contributed by atoms with Crippen LogP contribution in [0.1, 0.15) is 23.2 Å². The number of anilines is 2. The van der Waals surface area contributed by atoms with Gasteiger partial charge in [0.05, 0.1) is 10.8 Å². The second kappa shape index (κ2) is 6.97. The monoisotopic (exact) mass is 383 g/mol.